The van der Waals surface area contributed by atoms with Gasteiger partial charge in [-0.25, -0.2) is 0 Å². The molecule has 3 aromatic rings. The second-order valence-corrected chi connectivity index (χ2v) is 8.11. The van der Waals surface area contributed by atoms with Crippen LogP contribution in [-0.2, 0) is 11.2 Å². The van der Waals surface area contributed by atoms with Crippen LogP contribution in [0.4, 0.5) is 11.4 Å². The van der Waals surface area contributed by atoms with Crippen molar-refractivity contribution >= 4 is 40.4 Å². The molecule has 0 bridgehead atoms. The third kappa shape index (κ3) is 5.00. The summed E-state index contributed by atoms with van der Waals surface area (Å²) in [5.41, 5.74) is 4.03. The highest BCUT2D eigenvalue weighted by Crippen LogP contribution is 2.29. The van der Waals surface area contributed by atoms with Crippen molar-refractivity contribution in [1.29, 1.82) is 0 Å². The number of nitrogens with zero attached hydrogens (tertiary/aromatic N) is 1. The molecule has 6 nitrogen and oxygen atoms in total. The maximum absolute atomic E-state index is 12.9. The second-order valence-electron chi connectivity index (χ2n) is 7.33. The van der Waals surface area contributed by atoms with Crippen molar-refractivity contribution in [3.05, 3.63) is 82.0 Å². The first-order chi connectivity index (χ1) is 15.1. The quantitative estimate of drug-likeness (QED) is 0.551. The number of para-hydroxylation sites is 1. The Morgan fingerprint density at radius 1 is 0.968 bits per heavy atom. The first-order valence-corrected chi connectivity index (χ1v) is 11.2. The summed E-state index contributed by atoms with van der Waals surface area (Å²) in [6.45, 7) is 1.12. The molecule has 1 aliphatic heterocycles. The monoisotopic (exact) mass is 433 g/mol. The van der Waals surface area contributed by atoms with Crippen LogP contribution >= 0.6 is 11.3 Å². The van der Waals surface area contributed by atoms with Crippen LogP contribution in [0.5, 0.6) is 0 Å². The zero-order valence-corrected chi connectivity index (χ0v) is 17.8. The van der Waals surface area contributed by atoms with Gasteiger partial charge in [-0.1, -0.05) is 18.2 Å². The standard InChI is InChI=1S/C24H23N3O3S/c28-22(6-3-13-25-23(29)19-12-15-31-16-19)26-20-9-7-18(8-10-20)24(30)27-14-11-17-4-1-2-5-21(17)27/h1-2,4-5,7-10,12,15-16H,3,6,11,13-14H2,(H,25,29)(H,26,28). The summed E-state index contributed by atoms with van der Waals surface area (Å²) in [4.78, 5) is 38.7. The van der Waals surface area contributed by atoms with Crippen LogP contribution in [0.2, 0.25) is 0 Å². The summed E-state index contributed by atoms with van der Waals surface area (Å²) in [5.74, 6) is -0.288. The molecule has 2 heterocycles. The van der Waals surface area contributed by atoms with E-state index < -0.39 is 0 Å². The van der Waals surface area contributed by atoms with Crippen LogP contribution in [0.15, 0.2) is 65.4 Å². The molecule has 0 aliphatic carbocycles. The Morgan fingerprint density at radius 3 is 2.55 bits per heavy atom. The molecule has 0 fully saturated rings. The van der Waals surface area contributed by atoms with Gasteiger partial charge in [0.1, 0.15) is 0 Å². The van der Waals surface area contributed by atoms with Gasteiger partial charge in [-0.15, -0.1) is 0 Å². The van der Waals surface area contributed by atoms with E-state index in [-0.39, 0.29) is 17.7 Å². The number of thiophene rings is 1. The van der Waals surface area contributed by atoms with Gasteiger partial charge in [-0.3, -0.25) is 14.4 Å². The lowest BCUT2D eigenvalue weighted by molar-refractivity contribution is -0.116. The van der Waals surface area contributed by atoms with Crippen LogP contribution < -0.4 is 15.5 Å². The largest absolute Gasteiger partial charge is 0.352 e. The van der Waals surface area contributed by atoms with Gasteiger partial charge in [0.15, 0.2) is 0 Å². The van der Waals surface area contributed by atoms with E-state index in [0.717, 1.165) is 12.1 Å². The fourth-order valence-corrected chi connectivity index (χ4v) is 4.21. The molecule has 2 aromatic carbocycles. The lowest BCUT2D eigenvalue weighted by Gasteiger charge is -2.17. The van der Waals surface area contributed by atoms with Crippen molar-refractivity contribution < 1.29 is 14.4 Å². The van der Waals surface area contributed by atoms with Crippen LogP contribution in [0.25, 0.3) is 0 Å². The summed E-state index contributed by atoms with van der Waals surface area (Å²) in [5, 5.41) is 9.28. The molecule has 0 saturated carbocycles. The number of rotatable bonds is 7. The number of nitrogens with one attached hydrogen (secondary N) is 2. The molecular formula is C24H23N3O3S. The summed E-state index contributed by atoms with van der Waals surface area (Å²) in [6.07, 6.45) is 1.71. The molecule has 1 aromatic heterocycles. The van der Waals surface area contributed by atoms with Gasteiger partial charge in [0, 0.05) is 47.4 Å². The predicted octanol–water partition coefficient (Wildman–Crippen LogP) is 4.10. The molecule has 0 saturated heterocycles. The predicted molar refractivity (Wildman–Crippen MR) is 123 cm³/mol. The van der Waals surface area contributed by atoms with E-state index in [9.17, 15) is 14.4 Å². The minimum atomic E-state index is -0.127. The van der Waals surface area contributed by atoms with Crippen LogP contribution in [0, 0.1) is 0 Å². The van der Waals surface area contributed by atoms with Gasteiger partial charge in [0.25, 0.3) is 11.8 Å². The van der Waals surface area contributed by atoms with Crippen LogP contribution in [0.1, 0.15) is 39.1 Å². The number of benzene rings is 2. The smallest absolute Gasteiger partial charge is 0.258 e. The van der Waals surface area contributed by atoms with Crippen molar-refractivity contribution in [2.75, 3.05) is 23.3 Å². The molecule has 0 unspecified atom stereocenters. The SMILES string of the molecule is O=C(CCCNC(=O)c1ccsc1)Nc1ccc(C(=O)N2CCc3ccccc32)cc1. The average Bonchev–Trinajstić information content (AvgIpc) is 3.47. The van der Waals surface area contributed by atoms with E-state index in [1.54, 1.807) is 40.6 Å². The maximum Gasteiger partial charge on any atom is 0.258 e. The van der Waals surface area contributed by atoms with Crippen molar-refractivity contribution in [2.24, 2.45) is 0 Å². The molecule has 0 atom stereocenters. The molecular weight excluding hydrogens is 410 g/mol. The maximum atomic E-state index is 12.9. The third-order valence-electron chi connectivity index (χ3n) is 5.20. The highest BCUT2D eigenvalue weighted by Gasteiger charge is 2.24. The number of carbonyl (C=O) groups is 3. The number of fused-ring (bicyclic) bond motifs is 1. The summed E-state index contributed by atoms with van der Waals surface area (Å²) in [7, 11) is 0. The number of hydrogen-bond donors (Lipinski definition) is 2. The number of anilines is 2. The molecule has 31 heavy (non-hydrogen) atoms. The van der Waals surface area contributed by atoms with E-state index in [2.05, 4.69) is 16.7 Å². The van der Waals surface area contributed by atoms with Gasteiger partial charge in [0.2, 0.25) is 5.91 Å². The Kier molecular flexibility index (Phi) is 6.43. The molecule has 7 heteroatoms. The summed E-state index contributed by atoms with van der Waals surface area (Å²) >= 11 is 1.47. The van der Waals surface area contributed by atoms with E-state index >= 15 is 0 Å². The lowest BCUT2D eigenvalue weighted by atomic mass is 10.1. The van der Waals surface area contributed by atoms with E-state index in [0.29, 0.717) is 42.7 Å². The fraction of sp³-hybridized carbons (Fsp3) is 0.208. The first kappa shape index (κ1) is 20.8. The zero-order chi connectivity index (χ0) is 21.6. The second kappa shape index (κ2) is 9.57. The summed E-state index contributed by atoms with van der Waals surface area (Å²) in [6, 6.07) is 16.7. The van der Waals surface area contributed by atoms with E-state index in [1.165, 1.54) is 16.9 Å². The fourth-order valence-electron chi connectivity index (χ4n) is 3.57. The molecule has 0 spiro atoms. The highest BCUT2D eigenvalue weighted by atomic mass is 32.1. The minimum Gasteiger partial charge on any atom is -0.352 e. The Bertz CT molecular complexity index is 1080. The van der Waals surface area contributed by atoms with E-state index in [4.69, 9.17) is 0 Å². The van der Waals surface area contributed by atoms with Gasteiger partial charge >= 0.3 is 0 Å². The number of carbonyl (C=O) groups excluding carboxylic acids is 3. The van der Waals surface area contributed by atoms with Crippen LogP contribution in [0.3, 0.4) is 0 Å². The van der Waals surface area contributed by atoms with E-state index in [1.807, 2.05) is 23.6 Å². The zero-order valence-electron chi connectivity index (χ0n) is 17.0. The van der Waals surface area contributed by atoms with Gasteiger partial charge < -0.3 is 15.5 Å². The molecule has 3 amide bonds. The first-order valence-electron chi connectivity index (χ1n) is 10.2. The van der Waals surface area contributed by atoms with Crippen molar-refractivity contribution in [3.8, 4) is 0 Å². The Labute approximate surface area is 184 Å². The Hall–Kier alpha value is -3.45. The topological polar surface area (TPSA) is 78.5 Å². The van der Waals surface area contributed by atoms with Crippen molar-refractivity contribution in [1.82, 2.24) is 5.32 Å². The average molecular weight is 434 g/mol. The van der Waals surface area contributed by atoms with Gasteiger partial charge in [-0.05, 0) is 60.2 Å². The van der Waals surface area contributed by atoms with Crippen molar-refractivity contribution in [3.63, 3.8) is 0 Å². The molecule has 2 N–H and O–H groups in total. The van der Waals surface area contributed by atoms with Crippen molar-refractivity contribution in [2.45, 2.75) is 19.3 Å². The Balaban J connectivity index is 1.24. The number of amides is 3. The highest BCUT2D eigenvalue weighted by molar-refractivity contribution is 7.08. The molecule has 1 aliphatic rings. The minimum absolute atomic E-state index is 0.0378. The summed E-state index contributed by atoms with van der Waals surface area (Å²) < 4.78 is 0. The Morgan fingerprint density at radius 2 is 1.77 bits per heavy atom. The molecule has 0 radical (unpaired) electrons. The third-order valence-corrected chi connectivity index (χ3v) is 5.88. The number of hydrogen-bond acceptors (Lipinski definition) is 4. The van der Waals surface area contributed by atoms with Gasteiger partial charge in [0.05, 0.1) is 0 Å². The lowest BCUT2D eigenvalue weighted by Crippen LogP contribution is -2.28. The molecule has 158 valence electrons. The molecule has 4 rings (SSSR count). The van der Waals surface area contributed by atoms with Gasteiger partial charge in [-0.2, -0.15) is 11.3 Å². The normalized spacial score (nSPS) is 12.3. The van der Waals surface area contributed by atoms with Crippen LogP contribution in [-0.4, -0.2) is 30.8 Å².